The van der Waals surface area contributed by atoms with Crippen molar-refractivity contribution in [2.24, 2.45) is 5.92 Å². The van der Waals surface area contributed by atoms with Crippen LogP contribution in [0, 0.1) is 5.92 Å². The van der Waals surface area contributed by atoms with Gasteiger partial charge in [-0.1, -0.05) is 36.8 Å². The predicted molar refractivity (Wildman–Crippen MR) is 148 cm³/mol. The average molecular weight is 533 g/mol. The van der Waals surface area contributed by atoms with Crippen LogP contribution in [0.15, 0.2) is 42.5 Å². The van der Waals surface area contributed by atoms with Crippen molar-refractivity contribution in [3.63, 3.8) is 0 Å². The standard InChI is InChI=1S/C30H36N4O5/c1-18-12-13-23-25(33(18)30(38)39-3)14-15-26-27(23)32-28(34(26)22-11-7-10-21(17-22)29(36)37)24(31-19(2)35)16-20-8-5-4-6-9-20/h4-6,8-9,14-15,18,21-22,24H,7,10-13,16-17H2,1-3H3,(H,31,35)(H,36,37)/t18-,21+,22+,24?/m0/s1. The number of aryl methyl sites for hydroxylation is 1. The van der Waals surface area contributed by atoms with Gasteiger partial charge < -0.3 is 19.7 Å². The summed E-state index contributed by atoms with van der Waals surface area (Å²) in [7, 11) is 1.39. The van der Waals surface area contributed by atoms with Crippen molar-refractivity contribution in [2.75, 3.05) is 12.0 Å². The highest BCUT2D eigenvalue weighted by molar-refractivity contribution is 5.95. The van der Waals surface area contributed by atoms with E-state index in [1.165, 1.54) is 14.0 Å². The van der Waals surface area contributed by atoms with E-state index in [0.717, 1.165) is 59.4 Å². The number of benzene rings is 2. The fourth-order valence-corrected chi connectivity index (χ4v) is 6.35. The van der Waals surface area contributed by atoms with Crippen LogP contribution in [0.4, 0.5) is 10.5 Å². The molecule has 2 aromatic carbocycles. The van der Waals surface area contributed by atoms with Gasteiger partial charge in [0.1, 0.15) is 5.82 Å². The van der Waals surface area contributed by atoms with E-state index in [0.29, 0.717) is 19.3 Å². The number of imidazole rings is 1. The quantitative estimate of drug-likeness (QED) is 0.452. The molecule has 0 radical (unpaired) electrons. The number of nitrogens with one attached hydrogen (secondary N) is 1. The molecule has 2 amide bonds. The zero-order valence-electron chi connectivity index (χ0n) is 22.7. The molecule has 1 aliphatic heterocycles. The lowest BCUT2D eigenvalue weighted by atomic mass is 9.85. The number of hydrogen-bond acceptors (Lipinski definition) is 5. The van der Waals surface area contributed by atoms with Crippen LogP contribution < -0.4 is 10.2 Å². The first kappa shape index (κ1) is 26.7. The number of hydrogen-bond donors (Lipinski definition) is 2. The third-order valence-electron chi connectivity index (χ3n) is 8.19. The number of carbonyl (C=O) groups is 3. The monoisotopic (exact) mass is 532 g/mol. The number of anilines is 1. The van der Waals surface area contributed by atoms with Crippen molar-refractivity contribution in [3.8, 4) is 0 Å². The summed E-state index contributed by atoms with van der Waals surface area (Å²) in [4.78, 5) is 43.9. The fraction of sp³-hybridized carbons (Fsp3) is 0.467. The number of nitrogens with zero attached hydrogens (tertiary/aromatic N) is 3. The fourth-order valence-electron chi connectivity index (χ4n) is 6.35. The number of rotatable bonds is 6. The minimum atomic E-state index is -0.770. The Balaban J connectivity index is 1.69. The molecule has 0 bridgehead atoms. The van der Waals surface area contributed by atoms with Gasteiger partial charge in [-0.05, 0) is 63.1 Å². The molecule has 9 heteroatoms. The lowest BCUT2D eigenvalue weighted by Crippen LogP contribution is -2.42. The largest absolute Gasteiger partial charge is 0.481 e. The lowest BCUT2D eigenvalue weighted by Gasteiger charge is -2.34. The van der Waals surface area contributed by atoms with Gasteiger partial charge in [0, 0.05) is 24.6 Å². The van der Waals surface area contributed by atoms with E-state index in [9.17, 15) is 19.5 Å². The molecule has 206 valence electrons. The SMILES string of the molecule is COC(=O)N1c2ccc3c(nc(C(Cc4ccccc4)NC(C)=O)n3[C@@H]3CCC[C@@H](C(=O)O)C3)c2CC[C@@H]1C. The Morgan fingerprint density at radius 3 is 2.59 bits per heavy atom. The Bertz CT molecular complexity index is 1390. The normalized spacial score (nSPS) is 21.7. The molecule has 2 N–H and O–H groups in total. The van der Waals surface area contributed by atoms with Gasteiger partial charge in [-0.15, -0.1) is 0 Å². The lowest BCUT2D eigenvalue weighted by molar-refractivity contribution is -0.143. The Labute approximate surface area is 228 Å². The third-order valence-corrected chi connectivity index (χ3v) is 8.19. The molecular formula is C30H36N4O5. The van der Waals surface area contributed by atoms with E-state index >= 15 is 0 Å². The van der Waals surface area contributed by atoms with Gasteiger partial charge in [0.05, 0.1) is 35.8 Å². The Morgan fingerprint density at radius 1 is 1.13 bits per heavy atom. The summed E-state index contributed by atoms with van der Waals surface area (Å²) < 4.78 is 7.27. The molecule has 1 fully saturated rings. The highest BCUT2D eigenvalue weighted by Crippen LogP contribution is 2.41. The molecule has 39 heavy (non-hydrogen) atoms. The first-order valence-corrected chi connectivity index (χ1v) is 13.7. The molecule has 1 aliphatic carbocycles. The summed E-state index contributed by atoms with van der Waals surface area (Å²) in [6.07, 6.45) is 4.48. The van der Waals surface area contributed by atoms with Crippen LogP contribution in [0.25, 0.3) is 11.0 Å². The second kappa shape index (κ2) is 11.1. The number of aromatic nitrogens is 2. The molecule has 5 rings (SSSR count). The smallest absolute Gasteiger partial charge is 0.414 e. The van der Waals surface area contributed by atoms with Crippen molar-refractivity contribution in [3.05, 3.63) is 59.4 Å². The molecule has 4 atom stereocenters. The molecule has 0 saturated heterocycles. The van der Waals surface area contributed by atoms with E-state index in [1.54, 1.807) is 4.90 Å². The van der Waals surface area contributed by atoms with Gasteiger partial charge in [0.25, 0.3) is 0 Å². The number of carboxylic acids is 1. The van der Waals surface area contributed by atoms with Gasteiger partial charge in [-0.3, -0.25) is 14.5 Å². The number of ether oxygens (including phenoxy) is 1. The Hall–Kier alpha value is -3.88. The van der Waals surface area contributed by atoms with Crippen molar-refractivity contribution in [1.82, 2.24) is 14.9 Å². The molecule has 1 saturated carbocycles. The van der Waals surface area contributed by atoms with Gasteiger partial charge >= 0.3 is 12.1 Å². The van der Waals surface area contributed by atoms with E-state index in [2.05, 4.69) is 9.88 Å². The van der Waals surface area contributed by atoms with Gasteiger partial charge in [-0.25, -0.2) is 9.78 Å². The van der Waals surface area contributed by atoms with Gasteiger partial charge in [0.2, 0.25) is 5.91 Å². The highest BCUT2D eigenvalue weighted by Gasteiger charge is 2.35. The molecular weight excluding hydrogens is 496 g/mol. The molecule has 1 unspecified atom stereocenters. The Morgan fingerprint density at radius 2 is 1.90 bits per heavy atom. The highest BCUT2D eigenvalue weighted by atomic mass is 16.5. The number of methoxy groups -OCH3 is 1. The first-order valence-electron chi connectivity index (χ1n) is 13.7. The van der Waals surface area contributed by atoms with Crippen LogP contribution >= 0.6 is 0 Å². The minimum Gasteiger partial charge on any atom is -0.481 e. The topological polar surface area (TPSA) is 114 Å². The third kappa shape index (κ3) is 5.22. The van der Waals surface area contributed by atoms with Crippen LogP contribution in [0.3, 0.4) is 0 Å². The summed E-state index contributed by atoms with van der Waals surface area (Å²) in [6, 6.07) is 13.4. The van der Waals surface area contributed by atoms with Gasteiger partial charge in [0.15, 0.2) is 0 Å². The summed E-state index contributed by atoms with van der Waals surface area (Å²) in [5.74, 6) is -0.629. The summed E-state index contributed by atoms with van der Waals surface area (Å²) in [5.41, 5.74) is 4.53. The summed E-state index contributed by atoms with van der Waals surface area (Å²) in [5, 5.41) is 12.9. The molecule has 2 aliphatic rings. The number of fused-ring (bicyclic) bond motifs is 3. The van der Waals surface area contributed by atoms with Crippen LogP contribution in [-0.2, 0) is 27.2 Å². The minimum absolute atomic E-state index is 0.0103. The zero-order chi connectivity index (χ0) is 27.7. The molecule has 1 aromatic heterocycles. The predicted octanol–water partition coefficient (Wildman–Crippen LogP) is 5.18. The van der Waals surface area contributed by atoms with Crippen molar-refractivity contribution < 1.29 is 24.2 Å². The molecule has 9 nitrogen and oxygen atoms in total. The maximum absolute atomic E-state index is 12.7. The number of carboxylic acid groups (broad SMARTS) is 1. The number of amides is 2. The van der Waals surface area contributed by atoms with Crippen LogP contribution in [0.2, 0.25) is 0 Å². The zero-order valence-corrected chi connectivity index (χ0v) is 22.7. The molecule has 0 spiro atoms. The van der Waals surface area contributed by atoms with Crippen LogP contribution in [0.5, 0.6) is 0 Å². The van der Waals surface area contributed by atoms with Crippen LogP contribution in [-0.4, -0.2) is 45.8 Å². The van der Waals surface area contributed by atoms with Gasteiger partial charge in [-0.2, -0.15) is 0 Å². The summed E-state index contributed by atoms with van der Waals surface area (Å²) >= 11 is 0. The van der Waals surface area contributed by atoms with Crippen molar-refractivity contribution in [1.29, 1.82) is 0 Å². The van der Waals surface area contributed by atoms with E-state index in [1.807, 2.05) is 49.4 Å². The van der Waals surface area contributed by atoms with E-state index in [4.69, 9.17) is 9.72 Å². The van der Waals surface area contributed by atoms with Crippen molar-refractivity contribution in [2.45, 2.75) is 76.9 Å². The Kier molecular flexibility index (Phi) is 7.59. The summed E-state index contributed by atoms with van der Waals surface area (Å²) in [6.45, 7) is 3.51. The van der Waals surface area contributed by atoms with Crippen LogP contribution in [0.1, 0.15) is 75.0 Å². The van der Waals surface area contributed by atoms with Crippen molar-refractivity contribution >= 4 is 34.7 Å². The van der Waals surface area contributed by atoms with E-state index < -0.39 is 24.0 Å². The average Bonchev–Trinajstić information content (AvgIpc) is 3.32. The molecule has 2 heterocycles. The second-order valence-corrected chi connectivity index (χ2v) is 10.8. The number of aliphatic carboxylic acids is 1. The number of carbonyl (C=O) groups excluding carboxylic acids is 2. The second-order valence-electron chi connectivity index (χ2n) is 10.8. The maximum atomic E-state index is 12.7. The first-order chi connectivity index (χ1) is 18.8. The molecule has 3 aromatic rings. The van der Waals surface area contributed by atoms with E-state index in [-0.39, 0.29) is 18.0 Å². The maximum Gasteiger partial charge on any atom is 0.414 e.